The van der Waals surface area contributed by atoms with Crippen LogP contribution in [-0.4, -0.2) is 18.2 Å². The van der Waals surface area contributed by atoms with Crippen LogP contribution in [0.5, 0.6) is 0 Å². The van der Waals surface area contributed by atoms with Gasteiger partial charge in [-0.05, 0) is 38.1 Å². The zero-order chi connectivity index (χ0) is 13.6. The Balaban J connectivity index is 2.05. The van der Waals surface area contributed by atoms with Crippen molar-refractivity contribution in [1.82, 2.24) is 8.94 Å². The summed E-state index contributed by atoms with van der Waals surface area (Å²) in [6.07, 6.45) is 0. The van der Waals surface area contributed by atoms with Gasteiger partial charge in [0.05, 0.1) is 12.2 Å². The lowest BCUT2D eigenvalue weighted by molar-refractivity contribution is 0.529. The second-order valence-electron chi connectivity index (χ2n) is 4.95. The fourth-order valence-corrected chi connectivity index (χ4v) is 4.24. The lowest BCUT2D eigenvalue weighted by atomic mass is 10.2. The average molecular weight is 314 g/mol. The first-order valence-corrected chi connectivity index (χ1v) is 8.06. The number of hydrogen-bond acceptors (Lipinski definition) is 4. The molecule has 0 bridgehead atoms. The summed E-state index contributed by atoms with van der Waals surface area (Å²) in [6.45, 7) is 4.64. The van der Waals surface area contributed by atoms with E-state index in [-0.39, 0.29) is 4.75 Å². The van der Waals surface area contributed by atoms with Gasteiger partial charge in [0.15, 0.2) is 0 Å². The molecule has 0 amide bonds. The molecular weight excluding hydrogens is 302 g/mol. The Hall–Kier alpha value is -0.820. The Kier molecular flexibility index (Phi) is 3.21. The fourth-order valence-electron chi connectivity index (χ4n) is 1.92. The topological polar surface area (TPSA) is 53.2 Å². The highest BCUT2D eigenvalue weighted by Crippen LogP contribution is 2.32. The second-order valence-corrected chi connectivity index (χ2v) is 8.13. The van der Waals surface area contributed by atoms with Crippen LogP contribution in [0.4, 0.5) is 5.69 Å². The molecule has 1 aromatic heterocycles. The van der Waals surface area contributed by atoms with Gasteiger partial charge in [0, 0.05) is 27.7 Å². The molecule has 4 nitrogen and oxygen atoms in total. The first-order valence-electron chi connectivity index (χ1n) is 5.76. The predicted molar refractivity (Wildman–Crippen MR) is 77.3 cm³/mol. The van der Waals surface area contributed by atoms with E-state index in [0.717, 1.165) is 10.5 Å². The van der Waals surface area contributed by atoms with Gasteiger partial charge in [-0.15, -0.1) is 4.37 Å². The quantitative estimate of drug-likeness (QED) is 0.760. The number of rotatable bonds is 1. The molecule has 0 radical (unpaired) electrons. The highest BCUT2D eigenvalue weighted by molar-refractivity contribution is 7.92. The second kappa shape index (κ2) is 4.63. The minimum atomic E-state index is -1.07. The van der Waals surface area contributed by atoms with E-state index in [1.807, 2.05) is 30.5 Å². The molecule has 0 saturated carbocycles. The molecule has 2 aromatic rings. The molecule has 100 valence electrons. The molecule has 19 heavy (non-hydrogen) atoms. The minimum absolute atomic E-state index is 0.277. The SMILES string of the molecule is CC1(C)Cn2c(ns/c2=N/c2ccc(Cl)cc2)[S+]1[O-]. The zero-order valence-electron chi connectivity index (χ0n) is 10.5. The van der Waals surface area contributed by atoms with Crippen LogP contribution in [0.3, 0.4) is 0 Å². The van der Waals surface area contributed by atoms with E-state index in [9.17, 15) is 4.55 Å². The molecule has 2 heterocycles. The summed E-state index contributed by atoms with van der Waals surface area (Å²) in [5.41, 5.74) is 0.818. The number of halogens is 1. The largest absolute Gasteiger partial charge is 0.609 e. The van der Waals surface area contributed by atoms with Crippen molar-refractivity contribution in [2.45, 2.75) is 30.3 Å². The van der Waals surface area contributed by atoms with Crippen LogP contribution in [0.25, 0.3) is 0 Å². The predicted octanol–water partition coefficient (Wildman–Crippen LogP) is 2.73. The van der Waals surface area contributed by atoms with Gasteiger partial charge in [0.2, 0.25) is 4.80 Å². The number of nitrogens with zero attached hydrogens (tertiary/aromatic N) is 3. The first-order chi connectivity index (χ1) is 8.97. The normalized spacial score (nSPS) is 21.7. The van der Waals surface area contributed by atoms with Crippen molar-refractivity contribution in [3.05, 3.63) is 34.1 Å². The van der Waals surface area contributed by atoms with E-state index >= 15 is 0 Å². The lowest BCUT2D eigenvalue weighted by Gasteiger charge is -2.17. The Morgan fingerprint density at radius 1 is 1.42 bits per heavy atom. The van der Waals surface area contributed by atoms with Crippen molar-refractivity contribution >= 4 is 40.0 Å². The molecule has 0 N–H and O–H groups in total. The molecule has 3 rings (SSSR count). The Morgan fingerprint density at radius 3 is 2.79 bits per heavy atom. The van der Waals surface area contributed by atoms with Gasteiger partial charge >= 0.3 is 5.16 Å². The van der Waals surface area contributed by atoms with E-state index in [2.05, 4.69) is 9.37 Å². The fraction of sp³-hybridized carbons (Fsp3) is 0.333. The monoisotopic (exact) mass is 313 g/mol. The van der Waals surface area contributed by atoms with Gasteiger partial charge in [-0.2, -0.15) is 0 Å². The highest BCUT2D eigenvalue weighted by atomic mass is 35.5. The molecule has 0 spiro atoms. The summed E-state index contributed by atoms with van der Waals surface area (Å²) in [6, 6.07) is 7.31. The number of fused-ring (bicyclic) bond motifs is 1. The lowest BCUT2D eigenvalue weighted by Crippen LogP contribution is -2.30. The maximum atomic E-state index is 12.2. The van der Waals surface area contributed by atoms with E-state index in [4.69, 9.17) is 11.6 Å². The Bertz CT molecular complexity index is 675. The van der Waals surface area contributed by atoms with Crippen molar-refractivity contribution in [2.24, 2.45) is 4.99 Å². The highest BCUT2D eigenvalue weighted by Gasteiger charge is 2.45. The van der Waals surface area contributed by atoms with E-state index in [1.165, 1.54) is 11.5 Å². The molecule has 1 atom stereocenters. The third-order valence-corrected chi connectivity index (χ3v) is 5.81. The van der Waals surface area contributed by atoms with Crippen LogP contribution < -0.4 is 4.80 Å². The molecular formula is C12H12ClN3OS2. The van der Waals surface area contributed by atoms with Gasteiger partial charge in [-0.1, -0.05) is 11.6 Å². The van der Waals surface area contributed by atoms with E-state index < -0.39 is 11.2 Å². The molecule has 1 aliphatic heterocycles. The molecule has 0 saturated heterocycles. The van der Waals surface area contributed by atoms with Gasteiger partial charge in [0.25, 0.3) is 0 Å². The molecule has 1 aliphatic rings. The number of hydrogen-bond donors (Lipinski definition) is 0. The molecule has 7 heteroatoms. The smallest absolute Gasteiger partial charge is 0.337 e. The molecule has 1 unspecified atom stereocenters. The van der Waals surface area contributed by atoms with Crippen molar-refractivity contribution < 1.29 is 4.55 Å². The van der Waals surface area contributed by atoms with E-state index in [1.54, 1.807) is 12.1 Å². The minimum Gasteiger partial charge on any atom is -0.609 e. The molecule has 1 aromatic carbocycles. The maximum Gasteiger partial charge on any atom is 0.337 e. The van der Waals surface area contributed by atoms with Gasteiger partial charge in [-0.25, -0.2) is 4.99 Å². The summed E-state index contributed by atoms with van der Waals surface area (Å²) in [4.78, 5) is 5.31. The van der Waals surface area contributed by atoms with Crippen molar-refractivity contribution in [3.8, 4) is 0 Å². The van der Waals surface area contributed by atoms with Crippen molar-refractivity contribution in [1.29, 1.82) is 0 Å². The number of benzene rings is 1. The molecule has 0 aliphatic carbocycles. The maximum absolute atomic E-state index is 12.2. The zero-order valence-corrected chi connectivity index (χ0v) is 12.8. The van der Waals surface area contributed by atoms with Gasteiger partial charge < -0.3 is 4.55 Å². The van der Waals surface area contributed by atoms with Crippen LogP contribution in [0.15, 0.2) is 34.4 Å². The summed E-state index contributed by atoms with van der Waals surface area (Å²) < 4.78 is 18.1. The standard InChI is InChI=1S/C12H12ClN3OS2/c1-12(2)7-16-10(18-15-11(16)19(12)17)14-9-5-3-8(13)4-6-9/h3-6H,7H2,1-2H3/b14-10+. The van der Waals surface area contributed by atoms with Crippen LogP contribution in [0, 0.1) is 0 Å². The third kappa shape index (κ3) is 2.33. The van der Waals surface area contributed by atoms with Crippen molar-refractivity contribution in [3.63, 3.8) is 0 Å². The van der Waals surface area contributed by atoms with Gasteiger partial charge in [0.1, 0.15) is 4.75 Å². The summed E-state index contributed by atoms with van der Waals surface area (Å²) in [5.74, 6) is 0. The summed E-state index contributed by atoms with van der Waals surface area (Å²) in [5, 5.41) is 1.31. The van der Waals surface area contributed by atoms with Crippen LogP contribution in [0.2, 0.25) is 5.02 Å². The number of aromatic nitrogens is 2. The van der Waals surface area contributed by atoms with Gasteiger partial charge in [-0.3, -0.25) is 4.57 Å². The third-order valence-electron chi connectivity index (χ3n) is 2.93. The van der Waals surface area contributed by atoms with Crippen LogP contribution in [0.1, 0.15) is 13.8 Å². The van der Waals surface area contributed by atoms with Crippen LogP contribution >= 0.6 is 23.1 Å². The van der Waals surface area contributed by atoms with Crippen molar-refractivity contribution in [2.75, 3.05) is 0 Å². The summed E-state index contributed by atoms with van der Waals surface area (Å²) in [7, 11) is 0. The molecule has 0 fully saturated rings. The Morgan fingerprint density at radius 2 is 2.11 bits per heavy atom. The first kappa shape index (κ1) is 13.2. The average Bonchev–Trinajstić information content (AvgIpc) is 2.83. The van der Waals surface area contributed by atoms with Crippen LogP contribution in [-0.2, 0) is 17.7 Å². The summed E-state index contributed by atoms with van der Waals surface area (Å²) >= 11 is 6.05. The van der Waals surface area contributed by atoms with E-state index in [0.29, 0.717) is 16.7 Å². The Labute approximate surface area is 123 Å².